The van der Waals surface area contributed by atoms with Gasteiger partial charge in [-0.15, -0.1) is 11.3 Å². The normalized spacial score (nSPS) is 10.1. The number of amides is 1. The third-order valence-corrected chi connectivity index (χ3v) is 4.63. The number of nitrogens with one attached hydrogen (secondary N) is 2. The van der Waals surface area contributed by atoms with Gasteiger partial charge in [-0.05, 0) is 54.7 Å². The number of carbonyl (C=O) groups excluding carboxylic acids is 1. The lowest BCUT2D eigenvalue weighted by Crippen LogP contribution is -2.34. The van der Waals surface area contributed by atoms with Gasteiger partial charge < -0.3 is 14.8 Å². The molecule has 0 aliphatic rings. The van der Waals surface area contributed by atoms with Crippen molar-refractivity contribution in [2.75, 3.05) is 19.5 Å². The number of hydrogen-bond acceptors (Lipinski definition) is 6. The fourth-order valence-electron chi connectivity index (χ4n) is 2.29. The zero-order valence-electron chi connectivity index (χ0n) is 14.7. The van der Waals surface area contributed by atoms with Gasteiger partial charge in [0, 0.05) is 16.5 Å². The molecule has 0 spiro atoms. The summed E-state index contributed by atoms with van der Waals surface area (Å²) < 4.78 is 10.3. The Kier molecular flexibility index (Phi) is 6.00. The van der Waals surface area contributed by atoms with E-state index < -0.39 is 0 Å². The lowest BCUT2D eigenvalue weighted by Gasteiger charge is -2.08. The highest BCUT2D eigenvalue weighted by Crippen LogP contribution is 2.26. The molecule has 3 rings (SSSR count). The van der Waals surface area contributed by atoms with Crippen LogP contribution in [0.15, 0.2) is 53.9 Å². The van der Waals surface area contributed by atoms with Crippen molar-refractivity contribution in [1.29, 1.82) is 0 Å². The van der Waals surface area contributed by atoms with E-state index in [-0.39, 0.29) is 11.0 Å². The molecule has 0 saturated carbocycles. The maximum atomic E-state index is 12.3. The van der Waals surface area contributed by atoms with Crippen LogP contribution in [0.25, 0.3) is 11.3 Å². The molecule has 0 atom stereocenters. The monoisotopic (exact) mass is 399 g/mol. The Morgan fingerprint density at radius 1 is 1.07 bits per heavy atom. The molecule has 2 N–H and O–H groups in total. The predicted octanol–water partition coefficient (Wildman–Crippen LogP) is 3.95. The molecule has 27 heavy (non-hydrogen) atoms. The van der Waals surface area contributed by atoms with Crippen molar-refractivity contribution >= 4 is 39.7 Å². The van der Waals surface area contributed by atoms with E-state index in [9.17, 15) is 4.79 Å². The maximum Gasteiger partial charge on any atom is 0.257 e. The lowest BCUT2D eigenvalue weighted by atomic mass is 10.2. The Morgan fingerprint density at radius 2 is 1.81 bits per heavy atom. The Labute approximate surface area is 166 Å². The quantitative estimate of drug-likeness (QED) is 0.633. The minimum absolute atomic E-state index is 0.179. The average Bonchev–Trinajstić information content (AvgIpc) is 3.16. The molecule has 0 radical (unpaired) electrons. The number of aromatic nitrogens is 1. The minimum atomic E-state index is -0.321. The van der Waals surface area contributed by atoms with Crippen LogP contribution in [0.2, 0.25) is 0 Å². The molecule has 1 amide bonds. The summed E-state index contributed by atoms with van der Waals surface area (Å²) >= 11 is 6.61. The summed E-state index contributed by atoms with van der Waals surface area (Å²) in [5, 5.41) is 8.26. The second kappa shape index (κ2) is 8.61. The molecule has 0 fully saturated rings. The highest BCUT2D eigenvalue weighted by atomic mass is 32.1. The molecule has 0 unspecified atom stereocenters. The Balaban J connectivity index is 1.62. The topological polar surface area (TPSA) is 72.5 Å². The van der Waals surface area contributed by atoms with E-state index in [1.54, 1.807) is 38.5 Å². The van der Waals surface area contributed by atoms with E-state index in [0.29, 0.717) is 16.4 Å². The van der Waals surface area contributed by atoms with Crippen LogP contribution in [0.4, 0.5) is 5.13 Å². The van der Waals surface area contributed by atoms with Crippen molar-refractivity contribution in [1.82, 2.24) is 10.3 Å². The molecular formula is C19H17N3O3S2. The Hall–Kier alpha value is -2.97. The van der Waals surface area contributed by atoms with Crippen LogP contribution >= 0.6 is 23.6 Å². The van der Waals surface area contributed by atoms with Gasteiger partial charge in [-0.2, -0.15) is 0 Å². The van der Waals surface area contributed by atoms with Gasteiger partial charge >= 0.3 is 0 Å². The van der Waals surface area contributed by atoms with Gasteiger partial charge in [0.2, 0.25) is 0 Å². The van der Waals surface area contributed by atoms with Crippen molar-refractivity contribution in [2.45, 2.75) is 0 Å². The minimum Gasteiger partial charge on any atom is -0.497 e. The number of carbonyl (C=O) groups is 1. The molecule has 0 bridgehead atoms. The number of benzene rings is 2. The lowest BCUT2D eigenvalue weighted by molar-refractivity contribution is 0.0977. The SMILES string of the molecule is COc1ccc(-c2csc(NC(=S)NC(=O)c3cccc(OC)c3)n2)cc1. The van der Waals surface area contributed by atoms with E-state index in [0.717, 1.165) is 17.0 Å². The summed E-state index contributed by atoms with van der Waals surface area (Å²) in [5.41, 5.74) is 2.23. The second-order valence-corrected chi connectivity index (χ2v) is 6.67. The van der Waals surface area contributed by atoms with Gasteiger partial charge in [-0.3, -0.25) is 10.1 Å². The van der Waals surface area contributed by atoms with Gasteiger partial charge in [-0.1, -0.05) is 6.07 Å². The number of hydrogen-bond donors (Lipinski definition) is 2. The summed E-state index contributed by atoms with van der Waals surface area (Å²) in [4.78, 5) is 16.8. The first-order chi connectivity index (χ1) is 13.1. The van der Waals surface area contributed by atoms with Crippen LogP contribution < -0.4 is 20.1 Å². The number of anilines is 1. The third-order valence-electron chi connectivity index (χ3n) is 3.67. The number of thiazole rings is 1. The number of methoxy groups -OCH3 is 2. The van der Waals surface area contributed by atoms with Crippen LogP contribution in [-0.2, 0) is 0 Å². The number of ether oxygens (including phenoxy) is 2. The standard InChI is InChI=1S/C19H17N3O3S2/c1-24-14-8-6-12(7-9-14)16-11-27-19(20-16)22-18(26)21-17(23)13-4-3-5-15(10-13)25-2/h3-11H,1-2H3,(H2,20,21,22,23,26). The number of thiocarbonyl (C=S) groups is 1. The van der Waals surface area contributed by atoms with Crippen molar-refractivity contribution in [3.8, 4) is 22.8 Å². The smallest absolute Gasteiger partial charge is 0.257 e. The summed E-state index contributed by atoms with van der Waals surface area (Å²) in [6.45, 7) is 0. The summed E-state index contributed by atoms with van der Waals surface area (Å²) in [7, 11) is 3.17. The second-order valence-electron chi connectivity index (χ2n) is 5.41. The average molecular weight is 399 g/mol. The Morgan fingerprint density at radius 3 is 2.52 bits per heavy atom. The van der Waals surface area contributed by atoms with Crippen LogP contribution in [0.1, 0.15) is 10.4 Å². The molecule has 0 aliphatic carbocycles. The first-order valence-corrected chi connectivity index (χ1v) is 9.24. The molecule has 2 aromatic carbocycles. The number of nitrogens with zero attached hydrogens (tertiary/aromatic N) is 1. The van der Waals surface area contributed by atoms with Crippen molar-refractivity contribution in [3.05, 3.63) is 59.5 Å². The molecular weight excluding hydrogens is 382 g/mol. The van der Waals surface area contributed by atoms with Gasteiger partial charge in [0.05, 0.1) is 19.9 Å². The van der Waals surface area contributed by atoms with Gasteiger partial charge in [-0.25, -0.2) is 4.98 Å². The van der Waals surface area contributed by atoms with E-state index in [2.05, 4.69) is 15.6 Å². The van der Waals surface area contributed by atoms with Crippen molar-refractivity contribution in [2.24, 2.45) is 0 Å². The first-order valence-electron chi connectivity index (χ1n) is 7.95. The van der Waals surface area contributed by atoms with Gasteiger partial charge in [0.1, 0.15) is 11.5 Å². The fourth-order valence-corrected chi connectivity index (χ4v) is 3.27. The van der Waals surface area contributed by atoms with Crippen molar-refractivity contribution in [3.63, 3.8) is 0 Å². The first kappa shape index (κ1) is 18.8. The van der Waals surface area contributed by atoms with E-state index in [1.165, 1.54) is 11.3 Å². The van der Waals surface area contributed by atoms with Gasteiger partial charge in [0.25, 0.3) is 5.91 Å². The number of rotatable bonds is 5. The molecule has 1 aromatic heterocycles. The molecule has 138 valence electrons. The maximum absolute atomic E-state index is 12.3. The predicted molar refractivity (Wildman–Crippen MR) is 111 cm³/mol. The zero-order chi connectivity index (χ0) is 19.2. The van der Waals surface area contributed by atoms with E-state index in [4.69, 9.17) is 21.7 Å². The molecule has 1 heterocycles. The summed E-state index contributed by atoms with van der Waals surface area (Å²) in [5.74, 6) is 1.07. The molecule has 8 heteroatoms. The molecule has 6 nitrogen and oxygen atoms in total. The van der Waals surface area contributed by atoms with Crippen molar-refractivity contribution < 1.29 is 14.3 Å². The van der Waals surface area contributed by atoms with Crippen LogP contribution in [0.5, 0.6) is 11.5 Å². The van der Waals surface area contributed by atoms with Gasteiger partial charge in [0.15, 0.2) is 10.2 Å². The molecule has 0 aliphatic heterocycles. The zero-order valence-corrected chi connectivity index (χ0v) is 16.3. The summed E-state index contributed by atoms with van der Waals surface area (Å²) in [6.07, 6.45) is 0. The van der Waals surface area contributed by atoms with Crippen LogP contribution in [0.3, 0.4) is 0 Å². The Bertz CT molecular complexity index is 955. The highest BCUT2D eigenvalue weighted by molar-refractivity contribution is 7.80. The van der Waals surface area contributed by atoms with Crippen LogP contribution in [-0.4, -0.2) is 30.2 Å². The molecule has 3 aromatic rings. The third kappa shape index (κ3) is 4.81. The van der Waals surface area contributed by atoms with E-state index >= 15 is 0 Å². The highest BCUT2D eigenvalue weighted by Gasteiger charge is 2.11. The largest absolute Gasteiger partial charge is 0.497 e. The summed E-state index contributed by atoms with van der Waals surface area (Å²) in [6, 6.07) is 14.5. The van der Waals surface area contributed by atoms with Crippen LogP contribution in [0, 0.1) is 0 Å². The van der Waals surface area contributed by atoms with E-state index in [1.807, 2.05) is 29.6 Å². The molecule has 0 saturated heterocycles. The fraction of sp³-hybridized carbons (Fsp3) is 0.105.